The smallest absolute Gasteiger partial charge is 0.266 e. The molecule has 1 fully saturated rings. The van der Waals surface area contributed by atoms with Crippen molar-refractivity contribution in [1.29, 1.82) is 0 Å². The molecule has 1 aliphatic heterocycles. The molecule has 1 aliphatic rings. The van der Waals surface area contributed by atoms with E-state index in [2.05, 4.69) is 5.10 Å². The molecule has 1 saturated heterocycles. The van der Waals surface area contributed by atoms with Crippen molar-refractivity contribution in [3.8, 4) is 0 Å². The van der Waals surface area contributed by atoms with Gasteiger partial charge in [-0.05, 0) is 31.7 Å². The maximum atomic E-state index is 12.9. The van der Waals surface area contributed by atoms with Crippen molar-refractivity contribution >= 4 is 10.0 Å². The molecule has 0 bridgehead atoms. The zero-order valence-electron chi connectivity index (χ0n) is 13.6. The minimum atomic E-state index is -4.48. The Morgan fingerprint density at radius 2 is 1.96 bits per heavy atom. The Kier molecular flexibility index (Phi) is 4.83. The first-order valence-electron chi connectivity index (χ1n) is 7.54. The molecule has 2 atom stereocenters. The molecular formula is C14H22F3N3O2S. The molecule has 0 aromatic carbocycles. The van der Waals surface area contributed by atoms with Gasteiger partial charge in [-0.2, -0.15) is 22.6 Å². The lowest BCUT2D eigenvalue weighted by molar-refractivity contribution is -0.141. The van der Waals surface area contributed by atoms with E-state index in [4.69, 9.17) is 0 Å². The number of hydrogen-bond donors (Lipinski definition) is 0. The standard InChI is InChI=1S/C14H22F3N3O2S/c1-9(2)12-8-13(14(15,16)17)18-20(12)11-5-6-19(10(3)7-11)23(4,21)22/h8-11H,5-7H2,1-4H3. The van der Waals surface area contributed by atoms with Crippen LogP contribution in [0.1, 0.15) is 57.0 Å². The first-order chi connectivity index (χ1) is 10.4. The van der Waals surface area contributed by atoms with Gasteiger partial charge < -0.3 is 0 Å². The van der Waals surface area contributed by atoms with E-state index in [1.54, 1.807) is 6.92 Å². The number of piperidine rings is 1. The lowest BCUT2D eigenvalue weighted by Gasteiger charge is -2.36. The quantitative estimate of drug-likeness (QED) is 0.839. The second-order valence-corrected chi connectivity index (χ2v) is 8.39. The van der Waals surface area contributed by atoms with Crippen LogP contribution in [0.25, 0.3) is 0 Å². The van der Waals surface area contributed by atoms with Gasteiger partial charge in [-0.15, -0.1) is 0 Å². The van der Waals surface area contributed by atoms with Gasteiger partial charge in [0.1, 0.15) is 0 Å². The summed E-state index contributed by atoms with van der Waals surface area (Å²) in [4.78, 5) is 0. The Labute approximate surface area is 134 Å². The summed E-state index contributed by atoms with van der Waals surface area (Å²) in [6, 6.07) is 0.608. The summed E-state index contributed by atoms with van der Waals surface area (Å²) in [6.45, 7) is 5.71. The third-order valence-electron chi connectivity index (χ3n) is 4.21. The zero-order chi connectivity index (χ0) is 17.6. The molecule has 132 valence electrons. The van der Waals surface area contributed by atoms with E-state index >= 15 is 0 Å². The van der Waals surface area contributed by atoms with Gasteiger partial charge in [0.15, 0.2) is 5.69 Å². The van der Waals surface area contributed by atoms with Gasteiger partial charge in [-0.1, -0.05) is 13.8 Å². The molecule has 0 aliphatic carbocycles. The highest BCUT2D eigenvalue weighted by atomic mass is 32.2. The Morgan fingerprint density at radius 1 is 1.35 bits per heavy atom. The van der Waals surface area contributed by atoms with Crippen LogP contribution in [0.3, 0.4) is 0 Å². The van der Waals surface area contributed by atoms with E-state index in [1.807, 2.05) is 13.8 Å². The lowest BCUT2D eigenvalue weighted by Crippen LogP contribution is -2.44. The summed E-state index contributed by atoms with van der Waals surface area (Å²) in [5.74, 6) is -0.0955. The molecule has 9 heteroatoms. The zero-order valence-corrected chi connectivity index (χ0v) is 14.4. The number of rotatable bonds is 3. The Morgan fingerprint density at radius 3 is 2.39 bits per heavy atom. The molecular weight excluding hydrogens is 331 g/mol. The third-order valence-corrected chi connectivity index (χ3v) is 5.60. The van der Waals surface area contributed by atoms with Gasteiger partial charge in [-0.25, -0.2) is 8.42 Å². The van der Waals surface area contributed by atoms with Crippen molar-refractivity contribution < 1.29 is 21.6 Å². The summed E-state index contributed by atoms with van der Waals surface area (Å²) in [5.41, 5.74) is -0.360. The number of aromatic nitrogens is 2. The van der Waals surface area contributed by atoms with E-state index in [0.29, 0.717) is 25.1 Å². The van der Waals surface area contributed by atoms with Gasteiger partial charge >= 0.3 is 6.18 Å². The van der Waals surface area contributed by atoms with Gasteiger partial charge in [0, 0.05) is 18.3 Å². The Hall–Kier alpha value is -1.09. The molecule has 0 radical (unpaired) electrons. The maximum Gasteiger partial charge on any atom is 0.435 e. The minimum absolute atomic E-state index is 0.0955. The minimum Gasteiger partial charge on any atom is -0.266 e. The van der Waals surface area contributed by atoms with E-state index < -0.39 is 21.9 Å². The highest BCUT2D eigenvalue weighted by Crippen LogP contribution is 2.35. The van der Waals surface area contributed by atoms with Gasteiger partial charge in [0.2, 0.25) is 10.0 Å². The fraction of sp³-hybridized carbons (Fsp3) is 0.786. The molecule has 0 amide bonds. The molecule has 2 heterocycles. The second-order valence-electron chi connectivity index (χ2n) is 6.45. The first kappa shape index (κ1) is 18.3. The van der Waals surface area contributed by atoms with Gasteiger partial charge in [0.05, 0.1) is 12.3 Å². The predicted octanol–water partition coefficient (Wildman–Crippen LogP) is 3.01. The summed E-state index contributed by atoms with van der Waals surface area (Å²) in [5, 5.41) is 3.77. The van der Waals surface area contributed by atoms with Crippen LogP contribution in [0.5, 0.6) is 0 Å². The Balaban J connectivity index is 2.31. The molecule has 2 unspecified atom stereocenters. The van der Waals surface area contributed by atoms with Gasteiger partial charge in [-0.3, -0.25) is 4.68 Å². The monoisotopic (exact) mass is 353 g/mol. The van der Waals surface area contributed by atoms with Crippen LogP contribution in [0.15, 0.2) is 6.07 Å². The fourth-order valence-corrected chi connectivity index (χ4v) is 4.29. The van der Waals surface area contributed by atoms with Crippen LogP contribution in [-0.4, -0.2) is 41.3 Å². The summed E-state index contributed by atoms with van der Waals surface area (Å²) in [7, 11) is -3.30. The van der Waals surface area contributed by atoms with Crippen LogP contribution in [0.2, 0.25) is 0 Å². The number of halogens is 3. The molecule has 23 heavy (non-hydrogen) atoms. The molecule has 1 aromatic heterocycles. The molecule has 2 rings (SSSR count). The number of sulfonamides is 1. The van der Waals surface area contributed by atoms with Crippen molar-refractivity contribution in [2.24, 2.45) is 0 Å². The van der Waals surface area contributed by atoms with E-state index in [-0.39, 0.29) is 18.0 Å². The maximum absolute atomic E-state index is 12.9. The summed E-state index contributed by atoms with van der Waals surface area (Å²) >= 11 is 0. The van der Waals surface area contributed by atoms with E-state index in [0.717, 1.165) is 12.3 Å². The Bertz CT molecular complexity index is 667. The topological polar surface area (TPSA) is 55.2 Å². The van der Waals surface area contributed by atoms with Crippen LogP contribution in [0.4, 0.5) is 13.2 Å². The van der Waals surface area contributed by atoms with E-state index in [9.17, 15) is 21.6 Å². The van der Waals surface area contributed by atoms with Crippen LogP contribution in [-0.2, 0) is 16.2 Å². The van der Waals surface area contributed by atoms with Crippen molar-refractivity contribution in [2.45, 2.75) is 57.8 Å². The van der Waals surface area contributed by atoms with Gasteiger partial charge in [0.25, 0.3) is 0 Å². The van der Waals surface area contributed by atoms with Crippen molar-refractivity contribution in [3.05, 3.63) is 17.5 Å². The van der Waals surface area contributed by atoms with Crippen molar-refractivity contribution in [1.82, 2.24) is 14.1 Å². The van der Waals surface area contributed by atoms with Crippen molar-refractivity contribution in [3.63, 3.8) is 0 Å². The summed E-state index contributed by atoms with van der Waals surface area (Å²) in [6.07, 6.45) is -2.42. The third kappa shape index (κ3) is 3.88. The molecule has 1 aromatic rings. The fourth-order valence-electron chi connectivity index (χ4n) is 3.11. The molecule has 0 N–H and O–H groups in total. The highest BCUT2D eigenvalue weighted by Gasteiger charge is 2.38. The van der Waals surface area contributed by atoms with Crippen LogP contribution in [0, 0.1) is 0 Å². The average molecular weight is 353 g/mol. The first-order valence-corrected chi connectivity index (χ1v) is 9.39. The number of nitrogens with zero attached hydrogens (tertiary/aromatic N) is 3. The highest BCUT2D eigenvalue weighted by molar-refractivity contribution is 7.88. The normalized spacial score (nSPS) is 24.3. The van der Waals surface area contributed by atoms with Crippen LogP contribution >= 0.6 is 0 Å². The molecule has 0 spiro atoms. The number of hydrogen-bond acceptors (Lipinski definition) is 3. The predicted molar refractivity (Wildman–Crippen MR) is 80.6 cm³/mol. The largest absolute Gasteiger partial charge is 0.435 e. The van der Waals surface area contributed by atoms with Crippen LogP contribution < -0.4 is 0 Å². The van der Waals surface area contributed by atoms with Crippen molar-refractivity contribution in [2.75, 3.05) is 12.8 Å². The summed E-state index contributed by atoms with van der Waals surface area (Å²) < 4.78 is 65.1. The van der Waals surface area contributed by atoms with E-state index in [1.165, 1.54) is 8.99 Å². The molecule has 0 saturated carbocycles. The molecule has 5 nitrogen and oxygen atoms in total. The average Bonchev–Trinajstić information content (AvgIpc) is 2.81. The SMILES string of the molecule is CC(C)c1cc(C(F)(F)F)nn1C1CCN(S(C)(=O)=O)C(C)C1. The number of alkyl halides is 3. The second kappa shape index (κ2) is 6.08. The lowest BCUT2D eigenvalue weighted by atomic mass is 9.99.